The summed E-state index contributed by atoms with van der Waals surface area (Å²) in [5.74, 6) is 1.79. The Labute approximate surface area is 165 Å². The second-order valence-electron chi connectivity index (χ2n) is 6.35. The molecule has 3 aliphatic heterocycles. The number of aliphatic imine (C=N–C) groups is 1. The molecule has 0 saturated carbocycles. The smallest absolute Gasteiger partial charge is 0.218 e. The van der Waals surface area contributed by atoms with Gasteiger partial charge in [-0.2, -0.15) is 0 Å². The third-order valence-electron chi connectivity index (χ3n) is 4.76. The van der Waals surface area contributed by atoms with Crippen LogP contribution in [0, 0.1) is 5.82 Å². The standard InChI is InChI=1S/C18H21BrFN5O2/c1-26-18-14(11-13(20)12-21-18)15-3-2-7-23(15)16-4-8-24-17(22-16)5-9-25(24)27-10-6-19/h4-5,8,11-12,15H,2-3,6-7,9-10H2,1H3/t15-/m1/s1. The van der Waals surface area contributed by atoms with Gasteiger partial charge in [0, 0.05) is 23.6 Å². The lowest BCUT2D eigenvalue weighted by Gasteiger charge is -2.32. The summed E-state index contributed by atoms with van der Waals surface area (Å²) in [7, 11) is 1.56. The minimum atomic E-state index is -0.358. The first-order valence-electron chi connectivity index (χ1n) is 8.90. The second kappa shape index (κ2) is 7.95. The number of rotatable bonds is 5. The van der Waals surface area contributed by atoms with Gasteiger partial charge in [0.2, 0.25) is 5.88 Å². The molecular weight excluding hydrogens is 417 g/mol. The largest absolute Gasteiger partial charge is 0.481 e. The molecule has 0 bridgehead atoms. The van der Waals surface area contributed by atoms with E-state index in [1.54, 1.807) is 12.3 Å². The Morgan fingerprint density at radius 1 is 1.41 bits per heavy atom. The van der Waals surface area contributed by atoms with Crippen LogP contribution in [0.4, 0.5) is 4.39 Å². The first-order chi connectivity index (χ1) is 13.2. The molecular formula is C18H21BrFN5O2. The van der Waals surface area contributed by atoms with Crippen molar-refractivity contribution in [1.29, 1.82) is 0 Å². The van der Waals surface area contributed by atoms with E-state index < -0.39 is 0 Å². The third-order valence-corrected chi connectivity index (χ3v) is 5.09. The SMILES string of the molecule is COc1ncc(F)cc1[C@H]1CCCN1C1=NC2=CCN(OCCBr)N2C=C1. The summed E-state index contributed by atoms with van der Waals surface area (Å²) < 4.78 is 19.2. The van der Waals surface area contributed by atoms with E-state index in [0.29, 0.717) is 19.0 Å². The van der Waals surface area contributed by atoms with Crippen molar-refractivity contribution in [3.63, 3.8) is 0 Å². The summed E-state index contributed by atoms with van der Waals surface area (Å²) in [5, 5.41) is 4.43. The Morgan fingerprint density at radius 3 is 3.11 bits per heavy atom. The molecule has 1 atom stereocenters. The van der Waals surface area contributed by atoms with Crippen LogP contribution in [-0.2, 0) is 4.84 Å². The van der Waals surface area contributed by atoms with Gasteiger partial charge in [0.15, 0.2) is 0 Å². The van der Waals surface area contributed by atoms with Gasteiger partial charge >= 0.3 is 0 Å². The number of alkyl halides is 1. The number of hydrogen-bond acceptors (Lipinski definition) is 7. The minimum absolute atomic E-state index is 0.0131. The zero-order valence-electron chi connectivity index (χ0n) is 15.0. The van der Waals surface area contributed by atoms with E-state index in [0.717, 1.165) is 41.9 Å². The lowest BCUT2D eigenvalue weighted by molar-refractivity contribution is -0.235. The number of amidine groups is 1. The van der Waals surface area contributed by atoms with Gasteiger partial charge in [-0.25, -0.2) is 19.4 Å². The summed E-state index contributed by atoms with van der Waals surface area (Å²) in [6.07, 6.45) is 9.02. The van der Waals surface area contributed by atoms with Gasteiger partial charge in [0.25, 0.3) is 0 Å². The molecule has 0 radical (unpaired) electrons. The quantitative estimate of drug-likeness (QED) is 0.659. The number of likely N-dealkylation sites (tertiary alicyclic amines) is 1. The lowest BCUT2D eigenvalue weighted by Crippen LogP contribution is -2.38. The highest BCUT2D eigenvalue weighted by atomic mass is 79.9. The monoisotopic (exact) mass is 437 g/mol. The number of pyridine rings is 1. The average Bonchev–Trinajstić information content (AvgIpc) is 3.33. The van der Waals surface area contributed by atoms with E-state index in [1.165, 1.54) is 12.3 Å². The Morgan fingerprint density at radius 2 is 2.30 bits per heavy atom. The van der Waals surface area contributed by atoms with Crippen LogP contribution >= 0.6 is 15.9 Å². The van der Waals surface area contributed by atoms with Crippen LogP contribution in [0.2, 0.25) is 0 Å². The molecule has 4 heterocycles. The zero-order valence-corrected chi connectivity index (χ0v) is 16.6. The van der Waals surface area contributed by atoms with Gasteiger partial charge in [-0.15, -0.1) is 0 Å². The molecule has 0 aliphatic carbocycles. The van der Waals surface area contributed by atoms with Gasteiger partial charge in [0.05, 0.1) is 32.5 Å². The maximum atomic E-state index is 13.8. The van der Waals surface area contributed by atoms with Gasteiger partial charge in [0.1, 0.15) is 17.5 Å². The van der Waals surface area contributed by atoms with Crippen molar-refractivity contribution >= 4 is 21.8 Å². The fraction of sp³-hybridized carbons (Fsp3) is 0.444. The molecule has 27 heavy (non-hydrogen) atoms. The Hall–Kier alpha value is -1.97. The van der Waals surface area contributed by atoms with Crippen LogP contribution < -0.4 is 4.74 Å². The molecule has 9 heteroatoms. The number of ether oxygens (including phenoxy) is 1. The second-order valence-corrected chi connectivity index (χ2v) is 7.15. The predicted octanol–water partition coefficient (Wildman–Crippen LogP) is 2.99. The van der Waals surface area contributed by atoms with E-state index in [2.05, 4.69) is 25.8 Å². The molecule has 0 N–H and O–H groups in total. The molecule has 0 aromatic carbocycles. The fourth-order valence-electron chi connectivity index (χ4n) is 3.63. The number of halogens is 2. The number of fused-ring (bicyclic) bond motifs is 1. The number of nitrogens with zero attached hydrogens (tertiary/aromatic N) is 5. The lowest BCUT2D eigenvalue weighted by atomic mass is 10.1. The summed E-state index contributed by atoms with van der Waals surface area (Å²) in [6, 6.07) is 1.50. The van der Waals surface area contributed by atoms with Crippen LogP contribution in [0.1, 0.15) is 24.4 Å². The Balaban J connectivity index is 1.56. The molecule has 1 aromatic heterocycles. The normalized spacial score (nSPS) is 22.1. The van der Waals surface area contributed by atoms with Crippen molar-refractivity contribution < 1.29 is 14.0 Å². The van der Waals surface area contributed by atoms with Gasteiger partial charge in [-0.05, 0) is 31.1 Å². The number of hydrogen-bond donors (Lipinski definition) is 0. The third kappa shape index (κ3) is 3.59. The fourth-order valence-corrected chi connectivity index (χ4v) is 3.77. The molecule has 3 aliphatic rings. The number of aromatic nitrogens is 1. The predicted molar refractivity (Wildman–Crippen MR) is 102 cm³/mol. The topological polar surface area (TPSA) is 53.4 Å². The molecule has 0 unspecified atom stereocenters. The summed E-state index contributed by atoms with van der Waals surface area (Å²) >= 11 is 3.36. The van der Waals surface area contributed by atoms with Crippen molar-refractivity contribution in [3.05, 3.63) is 47.8 Å². The van der Waals surface area contributed by atoms with E-state index in [9.17, 15) is 4.39 Å². The van der Waals surface area contributed by atoms with E-state index in [-0.39, 0.29) is 11.9 Å². The van der Waals surface area contributed by atoms with E-state index in [1.807, 2.05) is 23.4 Å². The van der Waals surface area contributed by atoms with Crippen LogP contribution in [0.3, 0.4) is 0 Å². The van der Waals surface area contributed by atoms with Crippen molar-refractivity contribution in [3.8, 4) is 5.88 Å². The Kier molecular flexibility index (Phi) is 5.42. The maximum absolute atomic E-state index is 13.8. The van der Waals surface area contributed by atoms with Gasteiger partial charge in [-0.1, -0.05) is 21.1 Å². The van der Waals surface area contributed by atoms with Crippen molar-refractivity contribution in [2.75, 3.05) is 32.1 Å². The number of hydroxylamine groups is 1. The minimum Gasteiger partial charge on any atom is -0.481 e. The molecule has 0 spiro atoms. The van der Waals surface area contributed by atoms with Crippen molar-refractivity contribution in [2.45, 2.75) is 18.9 Å². The molecule has 1 fully saturated rings. The highest BCUT2D eigenvalue weighted by Crippen LogP contribution is 2.37. The van der Waals surface area contributed by atoms with Gasteiger partial charge < -0.3 is 9.64 Å². The van der Waals surface area contributed by atoms with E-state index >= 15 is 0 Å². The average molecular weight is 438 g/mol. The first kappa shape index (κ1) is 18.4. The van der Waals surface area contributed by atoms with Crippen LogP contribution in [-0.4, -0.2) is 58.0 Å². The van der Waals surface area contributed by atoms with Gasteiger partial charge in [-0.3, -0.25) is 4.84 Å². The number of hydrazine groups is 1. The summed E-state index contributed by atoms with van der Waals surface area (Å²) in [6.45, 7) is 2.09. The summed E-state index contributed by atoms with van der Waals surface area (Å²) in [4.78, 5) is 16.7. The first-order valence-corrected chi connectivity index (χ1v) is 10.0. The molecule has 4 rings (SSSR count). The molecule has 144 valence electrons. The molecule has 7 nitrogen and oxygen atoms in total. The molecule has 1 saturated heterocycles. The van der Waals surface area contributed by atoms with E-state index in [4.69, 9.17) is 14.6 Å². The molecule has 1 aromatic rings. The van der Waals surface area contributed by atoms with Crippen molar-refractivity contribution in [2.24, 2.45) is 4.99 Å². The van der Waals surface area contributed by atoms with Crippen LogP contribution in [0.25, 0.3) is 0 Å². The summed E-state index contributed by atoms with van der Waals surface area (Å²) in [5.41, 5.74) is 0.760. The number of methoxy groups -OCH3 is 1. The zero-order chi connectivity index (χ0) is 18.8. The highest BCUT2D eigenvalue weighted by Gasteiger charge is 2.33. The van der Waals surface area contributed by atoms with Crippen LogP contribution in [0.5, 0.6) is 5.88 Å². The van der Waals surface area contributed by atoms with Crippen molar-refractivity contribution in [1.82, 2.24) is 20.1 Å². The highest BCUT2D eigenvalue weighted by molar-refractivity contribution is 9.09. The van der Waals surface area contributed by atoms with Crippen LogP contribution in [0.15, 0.2) is 41.4 Å². The molecule has 0 amide bonds. The Bertz CT molecular complexity index is 800. The maximum Gasteiger partial charge on any atom is 0.218 e.